The van der Waals surface area contributed by atoms with E-state index in [1.165, 1.54) is 6.08 Å². The molecule has 0 aromatic carbocycles. The van der Waals surface area contributed by atoms with Crippen molar-refractivity contribution >= 4 is 22.8 Å². The Hall–Kier alpha value is -2.40. The molecule has 11 heteroatoms. The number of ether oxygens (including phenoxy) is 1. The Bertz CT molecular complexity index is 1060. The first kappa shape index (κ1) is 22.8. The van der Waals surface area contributed by atoms with Crippen molar-refractivity contribution in [2.75, 3.05) is 12.4 Å². The summed E-state index contributed by atoms with van der Waals surface area (Å²) in [5, 5.41) is 2.55. The van der Waals surface area contributed by atoms with Crippen LogP contribution in [0.15, 0.2) is 40.9 Å². The summed E-state index contributed by atoms with van der Waals surface area (Å²) in [5.41, 5.74) is 0.660. The van der Waals surface area contributed by atoms with Gasteiger partial charge in [0.05, 0.1) is 18.9 Å². The predicted octanol–water partition coefficient (Wildman–Crippen LogP) is 3.55. The van der Waals surface area contributed by atoms with Crippen LogP contribution in [0.3, 0.4) is 0 Å². The molecule has 0 saturated carbocycles. The third-order valence-corrected chi connectivity index (χ3v) is 7.22. The number of carbonyl (C=O) groups excluding carboxylic acids is 1. The molecule has 3 aliphatic rings. The van der Waals surface area contributed by atoms with Gasteiger partial charge in [0, 0.05) is 35.8 Å². The molecule has 0 radical (unpaired) electrons. The minimum absolute atomic E-state index is 0.0193. The number of hydrogen-bond donors (Lipinski definition) is 2. The zero-order valence-corrected chi connectivity index (χ0v) is 18.2. The summed E-state index contributed by atoms with van der Waals surface area (Å²) in [5.74, 6) is -3.69. The van der Waals surface area contributed by atoms with E-state index < -0.39 is 45.7 Å². The van der Waals surface area contributed by atoms with Gasteiger partial charge in [-0.25, -0.2) is 27.5 Å². The number of aromatic nitrogens is 1. The lowest BCUT2D eigenvalue weighted by molar-refractivity contribution is -0.137. The van der Waals surface area contributed by atoms with E-state index in [1.54, 1.807) is 13.8 Å². The van der Waals surface area contributed by atoms with Crippen LogP contribution in [0.2, 0.25) is 0 Å². The van der Waals surface area contributed by atoms with E-state index in [4.69, 9.17) is 10.5 Å². The number of alkyl halides is 1. The van der Waals surface area contributed by atoms with Crippen LogP contribution in [0.4, 0.5) is 17.6 Å². The maximum absolute atomic E-state index is 16.4. The molecule has 0 spiro atoms. The van der Waals surface area contributed by atoms with Crippen LogP contribution < -0.4 is 11.1 Å². The van der Waals surface area contributed by atoms with Crippen molar-refractivity contribution in [2.45, 2.75) is 44.0 Å². The number of nitrogens with one attached hydrogen (secondary N) is 1. The van der Waals surface area contributed by atoms with Crippen LogP contribution in [0.5, 0.6) is 0 Å². The van der Waals surface area contributed by atoms with Gasteiger partial charge in [-0.3, -0.25) is 4.79 Å². The number of nitrogens with two attached hydrogens (primary N) is 1. The molecule has 1 aliphatic carbocycles. The monoisotopic (exact) mass is 470 g/mol. The molecule has 1 aromatic rings. The normalized spacial score (nSPS) is 34.7. The van der Waals surface area contributed by atoms with Crippen LogP contribution >= 0.6 is 11.8 Å². The summed E-state index contributed by atoms with van der Waals surface area (Å²) < 4.78 is 64.0. The number of amides is 1. The number of thioether (sulfide) groups is 1. The Morgan fingerprint density at radius 3 is 2.84 bits per heavy atom. The smallest absolute Gasteiger partial charge is 0.277 e. The third kappa shape index (κ3) is 3.71. The van der Waals surface area contributed by atoms with Crippen LogP contribution in [0.1, 0.15) is 37.2 Å². The van der Waals surface area contributed by atoms with Crippen molar-refractivity contribution in [3.63, 3.8) is 0 Å². The lowest BCUT2D eigenvalue weighted by Gasteiger charge is -2.57. The zero-order chi connectivity index (χ0) is 23.3. The summed E-state index contributed by atoms with van der Waals surface area (Å²) in [4.78, 5) is 20.4. The lowest BCUT2D eigenvalue weighted by atomic mass is 9.58. The van der Waals surface area contributed by atoms with Crippen LogP contribution in [-0.4, -0.2) is 45.7 Å². The second kappa shape index (κ2) is 7.87. The number of carbonyl (C=O) groups is 1. The van der Waals surface area contributed by atoms with Crippen LogP contribution in [0, 0.1) is 17.0 Å². The van der Waals surface area contributed by atoms with Gasteiger partial charge in [0.25, 0.3) is 5.91 Å². The summed E-state index contributed by atoms with van der Waals surface area (Å²) in [6.45, 7) is 3.26. The molecule has 172 valence electrons. The zero-order valence-electron chi connectivity index (χ0n) is 17.4. The maximum Gasteiger partial charge on any atom is 0.277 e. The number of aliphatic imine (C=N–C) groups is 1. The van der Waals surface area contributed by atoms with Gasteiger partial charge in [0.2, 0.25) is 0 Å². The summed E-state index contributed by atoms with van der Waals surface area (Å²) in [6.07, 6.45) is 2.76. The van der Waals surface area contributed by atoms with E-state index in [-0.39, 0.29) is 42.2 Å². The Kier molecular flexibility index (Phi) is 5.61. The van der Waals surface area contributed by atoms with Crippen molar-refractivity contribution in [1.29, 1.82) is 0 Å². The van der Waals surface area contributed by atoms with E-state index in [0.717, 1.165) is 17.8 Å². The molecule has 1 amide bonds. The Morgan fingerprint density at radius 2 is 2.12 bits per heavy atom. The molecule has 1 saturated heterocycles. The first-order chi connectivity index (χ1) is 15.0. The van der Waals surface area contributed by atoms with Gasteiger partial charge in [0.1, 0.15) is 17.2 Å². The highest BCUT2D eigenvalue weighted by Crippen LogP contribution is 2.57. The lowest BCUT2D eigenvalue weighted by Crippen LogP contribution is -2.69. The molecule has 4 rings (SSSR count). The highest BCUT2D eigenvalue weighted by atomic mass is 32.2. The average Bonchev–Trinajstić information content (AvgIpc) is 2.67. The van der Waals surface area contributed by atoms with E-state index in [9.17, 15) is 18.0 Å². The van der Waals surface area contributed by atoms with E-state index in [2.05, 4.69) is 15.3 Å². The second-order valence-corrected chi connectivity index (χ2v) is 9.61. The fourth-order valence-electron chi connectivity index (χ4n) is 4.72. The van der Waals surface area contributed by atoms with Crippen molar-refractivity contribution in [3.8, 4) is 0 Å². The van der Waals surface area contributed by atoms with Crippen molar-refractivity contribution in [2.24, 2.45) is 16.1 Å². The summed E-state index contributed by atoms with van der Waals surface area (Å²) in [7, 11) is 0. The number of halogens is 4. The summed E-state index contributed by atoms with van der Waals surface area (Å²) in [6, 6.07) is 0.520. The number of amidine groups is 1. The number of fused-ring (bicyclic) bond motifs is 1. The number of hydrogen-bond acceptors (Lipinski definition) is 6. The van der Waals surface area contributed by atoms with Gasteiger partial charge >= 0.3 is 0 Å². The predicted molar refractivity (Wildman–Crippen MR) is 112 cm³/mol. The summed E-state index contributed by atoms with van der Waals surface area (Å²) >= 11 is 1.10. The molecular weight excluding hydrogens is 448 g/mol. The molecule has 32 heavy (non-hydrogen) atoms. The van der Waals surface area contributed by atoms with Crippen LogP contribution in [-0.2, 0) is 4.74 Å². The van der Waals surface area contributed by atoms with Gasteiger partial charge in [-0.1, -0.05) is 24.8 Å². The molecule has 6 nitrogen and oxygen atoms in total. The molecule has 3 N–H and O–H groups in total. The topological polar surface area (TPSA) is 89.6 Å². The molecule has 0 bridgehead atoms. The third-order valence-electron chi connectivity index (χ3n) is 6.23. The van der Waals surface area contributed by atoms with E-state index in [0.29, 0.717) is 12.3 Å². The molecule has 1 unspecified atom stereocenters. The highest BCUT2D eigenvalue weighted by molar-refractivity contribution is 8.13. The molecule has 1 aromatic heterocycles. The van der Waals surface area contributed by atoms with Crippen LogP contribution in [0.25, 0.3) is 0 Å². The molecule has 1 fully saturated rings. The highest BCUT2D eigenvalue weighted by Gasteiger charge is 2.66. The van der Waals surface area contributed by atoms with Gasteiger partial charge in [-0.2, -0.15) is 0 Å². The van der Waals surface area contributed by atoms with E-state index >= 15 is 4.39 Å². The fourth-order valence-corrected chi connectivity index (χ4v) is 5.67. The Balaban J connectivity index is 1.73. The molecule has 2 aliphatic heterocycles. The standard InChI is InChI=1S/C21H22F4N4O2S/c1-11-5-20(25)10-32-18(26)29-21(20,9-31-11)19(2)6-12(22)3-14(7-19)28-17(30)16-15(24)4-13(23)8-27-16/h3-4,7-8,11H,5-6,9-10H2,1-2H3,(H2,26,29)(H,28,30)/t11-,19?,20+,21+/m0/s1. The van der Waals surface area contributed by atoms with Gasteiger partial charge in [-0.15, -0.1) is 0 Å². The first-order valence-corrected chi connectivity index (χ1v) is 11.0. The fraction of sp³-hybridized carbons (Fsp3) is 0.476. The average molecular weight is 470 g/mol. The molecule has 3 heterocycles. The molecule has 4 atom stereocenters. The number of rotatable bonds is 3. The van der Waals surface area contributed by atoms with Gasteiger partial charge < -0.3 is 15.8 Å². The van der Waals surface area contributed by atoms with Gasteiger partial charge in [0.15, 0.2) is 22.3 Å². The van der Waals surface area contributed by atoms with Crippen molar-refractivity contribution in [1.82, 2.24) is 10.3 Å². The molecular formula is C21H22F4N4O2S. The minimum atomic E-state index is -1.83. The number of pyridine rings is 1. The Morgan fingerprint density at radius 1 is 1.38 bits per heavy atom. The minimum Gasteiger partial charge on any atom is -0.379 e. The second-order valence-electron chi connectivity index (χ2n) is 8.61. The van der Waals surface area contributed by atoms with Gasteiger partial charge in [-0.05, 0) is 13.0 Å². The first-order valence-electron chi connectivity index (χ1n) is 9.97. The maximum atomic E-state index is 16.4. The SMILES string of the molecule is C[C@H]1C[C@@]2(F)CSC(N)=N[C@@]2(C2(C)C=C(NC(=O)c3ncc(F)cc3F)C=C(F)C2)CO1. The number of nitrogens with zero attached hydrogens (tertiary/aromatic N) is 2. The number of allylic oxidation sites excluding steroid dienone is 2. The van der Waals surface area contributed by atoms with Crippen molar-refractivity contribution in [3.05, 3.63) is 53.3 Å². The quantitative estimate of drug-likeness (QED) is 0.660. The van der Waals surface area contributed by atoms with E-state index in [1.807, 2.05) is 0 Å². The van der Waals surface area contributed by atoms with Crippen molar-refractivity contribution < 1.29 is 27.1 Å². The largest absolute Gasteiger partial charge is 0.379 e. The Labute approximate surface area is 186 Å².